The number of aliphatic hydroxyl groups is 1. The lowest BCUT2D eigenvalue weighted by molar-refractivity contribution is 0.222. The summed E-state index contributed by atoms with van der Waals surface area (Å²) in [5.74, 6) is 1.11. The summed E-state index contributed by atoms with van der Waals surface area (Å²) in [6.07, 6.45) is 3.16. The van der Waals surface area contributed by atoms with E-state index in [4.69, 9.17) is 0 Å². The standard InChI is InChI=1S/C14H18BrN3O/c1-2-18-14(16-10-17-18)8-12(9-19)6-11-4-3-5-13(15)7-11/h3-5,7,10,12,19H,2,6,8-9H2,1H3. The smallest absolute Gasteiger partial charge is 0.138 e. The minimum atomic E-state index is 0.156. The van der Waals surface area contributed by atoms with Gasteiger partial charge in [-0.2, -0.15) is 5.10 Å². The van der Waals surface area contributed by atoms with Crippen molar-refractivity contribution in [3.63, 3.8) is 0 Å². The first-order valence-electron chi connectivity index (χ1n) is 6.45. The molecule has 1 N–H and O–H groups in total. The Bertz CT molecular complexity index is 527. The van der Waals surface area contributed by atoms with Crippen LogP contribution < -0.4 is 0 Å². The summed E-state index contributed by atoms with van der Waals surface area (Å²) in [4.78, 5) is 4.27. The van der Waals surface area contributed by atoms with E-state index in [9.17, 15) is 5.11 Å². The topological polar surface area (TPSA) is 50.9 Å². The first kappa shape index (κ1) is 14.2. The van der Waals surface area contributed by atoms with Gasteiger partial charge in [-0.25, -0.2) is 4.98 Å². The summed E-state index contributed by atoms with van der Waals surface area (Å²) in [5, 5.41) is 13.7. The molecule has 0 saturated heterocycles. The predicted molar refractivity (Wildman–Crippen MR) is 77.8 cm³/mol. The Kier molecular flexibility index (Phi) is 5.10. The molecule has 1 aromatic heterocycles. The molecule has 102 valence electrons. The molecule has 19 heavy (non-hydrogen) atoms. The van der Waals surface area contributed by atoms with Gasteiger partial charge >= 0.3 is 0 Å². The van der Waals surface area contributed by atoms with Gasteiger partial charge in [-0.05, 0) is 37.0 Å². The van der Waals surface area contributed by atoms with Crippen LogP contribution in [0.15, 0.2) is 35.1 Å². The van der Waals surface area contributed by atoms with E-state index in [1.807, 2.05) is 23.7 Å². The van der Waals surface area contributed by atoms with Crippen molar-refractivity contribution in [1.29, 1.82) is 0 Å². The molecule has 0 radical (unpaired) electrons. The Morgan fingerprint density at radius 1 is 1.37 bits per heavy atom. The number of rotatable bonds is 6. The van der Waals surface area contributed by atoms with Gasteiger partial charge in [0.25, 0.3) is 0 Å². The SMILES string of the molecule is CCn1ncnc1CC(CO)Cc1cccc(Br)c1. The van der Waals surface area contributed by atoms with Crippen molar-refractivity contribution in [3.05, 3.63) is 46.5 Å². The van der Waals surface area contributed by atoms with Gasteiger partial charge in [0, 0.05) is 24.0 Å². The Morgan fingerprint density at radius 2 is 2.21 bits per heavy atom. The van der Waals surface area contributed by atoms with E-state index < -0.39 is 0 Å². The normalized spacial score (nSPS) is 12.6. The lowest BCUT2D eigenvalue weighted by Crippen LogP contribution is -2.16. The second-order valence-electron chi connectivity index (χ2n) is 4.58. The maximum atomic E-state index is 9.55. The number of aryl methyl sites for hydroxylation is 1. The van der Waals surface area contributed by atoms with E-state index in [1.165, 1.54) is 5.56 Å². The third-order valence-corrected chi connectivity index (χ3v) is 3.63. The molecule has 0 aliphatic heterocycles. The van der Waals surface area contributed by atoms with Crippen molar-refractivity contribution in [2.75, 3.05) is 6.61 Å². The van der Waals surface area contributed by atoms with Crippen LogP contribution in [-0.2, 0) is 19.4 Å². The monoisotopic (exact) mass is 323 g/mol. The van der Waals surface area contributed by atoms with E-state index in [0.29, 0.717) is 0 Å². The van der Waals surface area contributed by atoms with Gasteiger partial charge in [0.2, 0.25) is 0 Å². The average molecular weight is 324 g/mol. The third-order valence-electron chi connectivity index (χ3n) is 3.14. The number of aromatic nitrogens is 3. The Hall–Kier alpha value is -1.20. The first-order chi connectivity index (χ1) is 9.22. The predicted octanol–water partition coefficient (Wildman–Crippen LogP) is 2.45. The fourth-order valence-corrected chi connectivity index (χ4v) is 2.61. The molecule has 0 saturated carbocycles. The highest BCUT2D eigenvalue weighted by atomic mass is 79.9. The molecule has 4 nitrogen and oxygen atoms in total. The Labute approximate surface area is 121 Å². The molecule has 2 aromatic rings. The average Bonchev–Trinajstić information content (AvgIpc) is 2.85. The Balaban J connectivity index is 2.04. The number of benzene rings is 1. The van der Waals surface area contributed by atoms with Gasteiger partial charge in [0.05, 0.1) is 0 Å². The van der Waals surface area contributed by atoms with Crippen LogP contribution in [0.3, 0.4) is 0 Å². The summed E-state index contributed by atoms with van der Waals surface area (Å²) in [6.45, 7) is 3.01. The highest BCUT2D eigenvalue weighted by molar-refractivity contribution is 9.10. The molecule has 0 aliphatic carbocycles. The van der Waals surface area contributed by atoms with Crippen molar-refractivity contribution < 1.29 is 5.11 Å². The van der Waals surface area contributed by atoms with Gasteiger partial charge in [-0.3, -0.25) is 4.68 Å². The van der Waals surface area contributed by atoms with Crippen molar-refractivity contribution in [3.8, 4) is 0 Å². The van der Waals surface area contributed by atoms with Crippen LogP contribution in [0.4, 0.5) is 0 Å². The molecule has 1 heterocycles. The van der Waals surface area contributed by atoms with Crippen LogP contribution in [0.2, 0.25) is 0 Å². The number of hydrogen-bond acceptors (Lipinski definition) is 3. The molecule has 1 atom stereocenters. The van der Waals surface area contributed by atoms with Crippen LogP contribution in [-0.4, -0.2) is 26.5 Å². The lowest BCUT2D eigenvalue weighted by Gasteiger charge is -2.14. The van der Waals surface area contributed by atoms with E-state index >= 15 is 0 Å². The van der Waals surface area contributed by atoms with Gasteiger partial charge in [-0.15, -0.1) is 0 Å². The van der Waals surface area contributed by atoms with Crippen molar-refractivity contribution >= 4 is 15.9 Å². The zero-order chi connectivity index (χ0) is 13.7. The van der Waals surface area contributed by atoms with E-state index in [0.717, 1.165) is 29.7 Å². The van der Waals surface area contributed by atoms with E-state index in [-0.39, 0.29) is 12.5 Å². The number of nitrogens with zero attached hydrogens (tertiary/aromatic N) is 3. The molecule has 0 amide bonds. The zero-order valence-corrected chi connectivity index (χ0v) is 12.5. The number of hydrogen-bond donors (Lipinski definition) is 1. The highest BCUT2D eigenvalue weighted by Crippen LogP contribution is 2.17. The lowest BCUT2D eigenvalue weighted by atomic mass is 9.96. The fraction of sp³-hybridized carbons (Fsp3) is 0.429. The van der Waals surface area contributed by atoms with Crippen LogP contribution in [0.25, 0.3) is 0 Å². The molecular weight excluding hydrogens is 306 g/mol. The molecule has 1 unspecified atom stereocenters. The largest absolute Gasteiger partial charge is 0.396 e. The van der Waals surface area contributed by atoms with Crippen molar-refractivity contribution in [1.82, 2.24) is 14.8 Å². The minimum Gasteiger partial charge on any atom is -0.396 e. The van der Waals surface area contributed by atoms with Crippen LogP contribution in [0.1, 0.15) is 18.3 Å². The third kappa shape index (κ3) is 3.88. The maximum Gasteiger partial charge on any atom is 0.138 e. The molecular formula is C14H18BrN3O. The van der Waals surface area contributed by atoms with Gasteiger partial charge in [0.15, 0.2) is 0 Å². The van der Waals surface area contributed by atoms with Crippen molar-refractivity contribution in [2.45, 2.75) is 26.3 Å². The quantitative estimate of drug-likeness (QED) is 0.888. The maximum absolute atomic E-state index is 9.55. The summed E-state index contributed by atoms with van der Waals surface area (Å²) in [5.41, 5.74) is 1.22. The first-order valence-corrected chi connectivity index (χ1v) is 7.24. The van der Waals surface area contributed by atoms with Gasteiger partial charge < -0.3 is 5.11 Å². The van der Waals surface area contributed by atoms with E-state index in [1.54, 1.807) is 6.33 Å². The molecule has 5 heteroatoms. The molecule has 0 fully saturated rings. The van der Waals surface area contributed by atoms with Crippen molar-refractivity contribution in [2.24, 2.45) is 5.92 Å². The number of halogens is 1. The minimum absolute atomic E-state index is 0.156. The van der Waals surface area contributed by atoms with Crippen LogP contribution in [0, 0.1) is 5.92 Å². The second kappa shape index (κ2) is 6.82. The summed E-state index contributed by atoms with van der Waals surface area (Å²) in [7, 11) is 0. The zero-order valence-electron chi connectivity index (χ0n) is 11.0. The molecule has 1 aromatic carbocycles. The second-order valence-corrected chi connectivity index (χ2v) is 5.49. The van der Waals surface area contributed by atoms with E-state index in [2.05, 4.69) is 38.1 Å². The summed E-state index contributed by atoms with van der Waals surface area (Å²) in [6, 6.07) is 8.19. The van der Waals surface area contributed by atoms with Gasteiger partial charge in [0.1, 0.15) is 12.2 Å². The molecule has 0 spiro atoms. The fourth-order valence-electron chi connectivity index (χ4n) is 2.17. The highest BCUT2D eigenvalue weighted by Gasteiger charge is 2.13. The molecule has 0 aliphatic rings. The number of aliphatic hydroxyl groups excluding tert-OH is 1. The summed E-state index contributed by atoms with van der Waals surface area (Å²) >= 11 is 3.47. The molecule has 0 bridgehead atoms. The van der Waals surface area contributed by atoms with Gasteiger partial charge in [-0.1, -0.05) is 28.1 Å². The Morgan fingerprint density at radius 3 is 2.89 bits per heavy atom. The molecule has 2 rings (SSSR count). The summed E-state index contributed by atoms with van der Waals surface area (Å²) < 4.78 is 2.95. The van der Waals surface area contributed by atoms with Crippen LogP contribution in [0.5, 0.6) is 0 Å². The van der Waals surface area contributed by atoms with Crippen LogP contribution >= 0.6 is 15.9 Å².